The van der Waals surface area contributed by atoms with Crippen LogP contribution in [-0.2, 0) is 11.2 Å². The predicted molar refractivity (Wildman–Crippen MR) is 55.7 cm³/mol. The molecule has 0 unspecified atom stereocenters. The summed E-state index contributed by atoms with van der Waals surface area (Å²) in [5.41, 5.74) is 1.51. The van der Waals surface area contributed by atoms with Crippen molar-refractivity contribution in [1.29, 1.82) is 0 Å². The van der Waals surface area contributed by atoms with Gasteiger partial charge in [0.25, 0.3) is 0 Å². The molecule has 1 N–H and O–H groups in total. The Morgan fingerprint density at radius 1 is 1.50 bits per heavy atom. The molecule has 1 saturated heterocycles. The van der Waals surface area contributed by atoms with Gasteiger partial charge in [-0.3, -0.25) is 0 Å². The Labute approximate surface area is 88.5 Å². The molecule has 0 aromatic heterocycles. The molecule has 0 aliphatic carbocycles. The topological polar surface area (TPSA) is 29.5 Å². The first-order valence-electron chi connectivity index (χ1n) is 4.64. The van der Waals surface area contributed by atoms with Crippen molar-refractivity contribution in [2.45, 2.75) is 18.9 Å². The highest BCUT2D eigenvalue weighted by Gasteiger charge is 2.35. The van der Waals surface area contributed by atoms with E-state index in [0.29, 0.717) is 19.6 Å². The first-order valence-corrected chi connectivity index (χ1v) is 5.02. The maximum absolute atomic E-state index is 9.87. The summed E-state index contributed by atoms with van der Waals surface area (Å²) in [6, 6.07) is 5.83. The highest BCUT2D eigenvalue weighted by atomic mass is 35.5. The molecule has 3 heteroatoms. The molecule has 0 radical (unpaired) electrons. The highest BCUT2D eigenvalue weighted by Crippen LogP contribution is 2.24. The molecule has 1 aromatic rings. The summed E-state index contributed by atoms with van der Waals surface area (Å²) in [4.78, 5) is 0. The lowest BCUT2D eigenvalue weighted by molar-refractivity contribution is -0.176. The second-order valence-corrected chi connectivity index (χ2v) is 4.38. The molecule has 2 nitrogen and oxygen atoms in total. The second-order valence-electron chi connectivity index (χ2n) is 3.98. The van der Waals surface area contributed by atoms with E-state index in [2.05, 4.69) is 0 Å². The van der Waals surface area contributed by atoms with Crippen molar-refractivity contribution < 1.29 is 9.84 Å². The Morgan fingerprint density at radius 2 is 2.21 bits per heavy atom. The Morgan fingerprint density at radius 3 is 2.71 bits per heavy atom. The van der Waals surface area contributed by atoms with Crippen molar-refractivity contribution in [3.63, 3.8) is 0 Å². The van der Waals surface area contributed by atoms with Gasteiger partial charge in [-0.25, -0.2) is 0 Å². The lowest BCUT2D eigenvalue weighted by atomic mass is 9.92. The minimum absolute atomic E-state index is 0.439. The fourth-order valence-electron chi connectivity index (χ4n) is 1.64. The van der Waals surface area contributed by atoms with Crippen LogP contribution in [0.15, 0.2) is 18.2 Å². The van der Waals surface area contributed by atoms with Gasteiger partial charge in [-0.15, -0.1) is 0 Å². The van der Waals surface area contributed by atoms with Crippen LogP contribution in [0.3, 0.4) is 0 Å². The van der Waals surface area contributed by atoms with E-state index in [0.717, 1.165) is 16.1 Å². The zero-order chi connectivity index (χ0) is 10.2. The lowest BCUT2D eigenvalue weighted by Crippen LogP contribution is -2.51. The van der Waals surface area contributed by atoms with Crippen molar-refractivity contribution in [2.24, 2.45) is 0 Å². The normalized spacial score (nSPS) is 19.1. The van der Waals surface area contributed by atoms with Gasteiger partial charge in [0.05, 0.1) is 13.2 Å². The number of halogens is 1. The van der Waals surface area contributed by atoms with Crippen molar-refractivity contribution in [1.82, 2.24) is 0 Å². The molecule has 0 bridgehead atoms. The fraction of sp³-hybridized carbons (Fsp3) is 0.455. The van der Waals surface area contributed by atoms with Gasteiger partial charge in [-0.2, -0.15) is 0 Å². The van der Waals surface area contributed by atoms with E-state index in [4.69, 9.17) is 16.3 Å². The van der Waals surface area contributed by atoms with E-state index in [1.165, 1.54) is 0 Å². The highest BCUT2D eigenvalue weighted by molar-refractivity contribution is 6.31. The molecule has 0 spiro atoms. The molecule has 0 atom stereocenters. The van der Waals surface area contributed by atoms with Gasteiger partial charge in [0.1, 0.15) is 5.60 Å². The Hall–Kier alpha value is -0.570. The van der Waals surface area contributed by atoms with Crippen molar-refractivity contribution in [2.75, 3.05) is 13.2 Å². The van der Waals surface area contributed by atoms with Gasteiger partial charge < -0.3 is 9.84 Å². The minimum Gasteiger partial charge on any atom is -0.385 e. The molecular weight excluding hydrogens is 200 g/mol. The number of hydrogen-bond donors (Lipinski definition) is 1. The van der Waals surface area contributed by atoms with E-state index in [1.807, 2.05) is 25.1 Å². The van der Waals surface area contributed by atoms with E-state index in [9.17, 15) is 5.11 Å². The quantitative estimate of drug-likeness (QED) is 0.812. The Kier molecular flexibility index (Phi) is 2.52. The number of aliphatic hydroxyl groups is 1. The zero-order valence-electron chi connectivity index (χ0n) is 8.09. The van der Waals surface area contributed by atoms with Crippen LogP contribution in [0.25, 0.3) is 0 Å². The molecule has 76 valence electrons. The van der Waals surface area contributed by atoms with Crippen LogP contribution in [0.4, 0.5) is 0 Å². The van der Waals surface area contributed by atoms with E-state index >= 15 is 0 Å². The van der Waals surface area contributed by atoms with Gasteiger partial charge in [0.2, 0.25) is 0 Å². The molecule has 1 aromatic carbocycles. The number of rotatable bonds is 2. The molecule has 2 rings (SSSR count). The number of hydrogen-bond acceptors (Lipinski definition) is 2. The molecule has 1 aliphatic rings. The van der Waals surface area contributed by atoms with E-state index in [-0.39, 0.29) is 0 Å². The van der Waals surface area contributed by atoms with Crippen molar-refractivity contribution in [3.8, 4) is 0 Å². The van der Waals surface area contributed by atoms with Crippen molar-refractivity contribution >= 4 is 11.6 Å². The molecule has 1 aliphatic heterocycles. The van der Waals surface area contributed by atoms with E-state index < -0.39 is 5.60 Å². The van der Waals surface area contributed by atoms with Crippen LogP contribution in [0.5, 0.6) is 0 Å². The first kappa shape index (κ1) is 9.97. The third-order valence-electron chi connectivity index (χ3n) is 2.50. The zero-order valence-corrected chi connectivity index (χ0v) is 8.84. The average molecular weight is 213 g/mol. The smallest absolute Gasteiger partial charge is 0.115 e. The number of benzene rings is 1. The SMILES string of the molecule is Cc1cc(CC2(O)COC2)ccc1Cl. The summed E-state index contributed by atoms with van der Waals surface area (Å²) in [5.74, 6) is 0. The van der Waals surface area contributed by atoms with Crippen LogP contribution < -0.4 is 0 Å². The van der Waals surface area contributed by atoms with Gasteiger partial charge in [0.15, 0.2) is 0 Å². The summed E-state index contributed by atoms with van der Waals surface area (Å²) in [6.45, 7) is 2.84. The van der Waals surface area contributed by atoms with Gasteiger partial charge in [-0.05, 0) is 24.1 Å². The fourth-order valence-corrected chi connectivity index (χ4v) is 1.75. The number of aryl methyl sites for hydroxylation is 1. The maximum Gasteiger partial charge on any atom is 0.115 e. The largest absolute Gasteiger partial charge is 0.385 e. The van der Waals surface area contributed by atoms with Gasteiger partial charge >= 0.3 is 0 Å². The summed E-state index contributed by atoms with van der Waals surface area (Å²) in [7, 11) is 0. The number of ether oxygens (including phenoxy) is 1. The predicted octanol–water partition coefficient (Wildman–Crippen LogP) is 1.95. The molecule has 0 saturated carbocycles. The van der Waals surface area contributed by atoms with Crippen LogP contribution >= 0.6 is 11.6 Å². The van der Waals surface area contributed by atoms with Gasteiger partial charge in [0, 0.05) is 11.4 Å². The monoisotopic (exact) mass is 212 g/mol. The second kappa shape index (κ2) is 3.54. The van der Waals surface area contributed by atoms with Crippen LogP contribution in [0, 0.1) is 6.92 Å². The van der Waals surface area contributed by atoms with Crippen LogP contribution in [-0.4, -0.2) is 23.9 Å². The van der Waals surface area contributed by atoms with E-state index in [1.54, 1.807) is 0 Å². The summed E-state index contributed by atoms with van der Waals surface area (Å²) < 4.78 is 4.99. The van der Waals surface area contributed by atoms with Crippen LogP contribution in [0.2, 0.25) is 5.02 Å². The molecule has 14 heavy (non-hydrogen) atoms. The minimum atomic E-state index is -0.653. The van der Waals surface area contributed by atoms with Gasteiger partial charge in [-0.1, -0.05) is 23.7 Å². The average Bonchev–Trinajstić information content (AvgIpc) is 2.09. The molecule has 0 amide bonds. The molecular formula is C11H13ClO2. The molecule has 1 fully saturated rings. The lowest BCUT2D eigenvalue weighted by Gasteiger charge is -2.36. The maximum atomic E-state index is 9.87. The summed E-state index contributed by atoms with van der Waals surface area (Å²) >= 11 is 5.91. The summed E-state index contributed by atoms with van der Waals surface area (Å²) in [6.07, 6.45) is 0.644. The van der Waals surface area contributed by atoms with Crippen molar-refractivity contribution in [3.05, 3.63) is 34.3 Å². The first-order chi connectivity index (χ1) is 6.59. The van der Waals surface area contributed by atoms with Crippen LogP contribution in [0.1, 0.15) is 11.1 Å². The Bertz CT molecular complexity index is 345. The summed E-state index contributed by atoms with van der Waals surface area (Å²) in [5, 5.41) is 10.6. The Balaban J connectivity index is 2.13. The molecule has 1 heterocycles. The third kappa shape index (κ3) is 1.92. The standard InChI is InChI=1S/C11H13ClO2/c1-8-4-9(2-3-10(8)12)5-11(13)6-14-7-11/h2-4,13H,5-7H2,1H3. The third-order valence-corrected chi connectivity index (χ3v) is 2.92.